The Balaban J connectivity index is 2.16. The number of nitrogens with one attached hydrogen (secondary N) is 1. The lowest BCUT2D eigenvalue weighted by Gasteiger charge is -2.20. The van der Waals surface area contributed by atoms with Crippen molar-refractivity contribution in [3.63, 3.8) is 0 Å². The van der Waals surface area contributed by atoms with Crippen LogP contribution < -0.4 is 10.2 Å². The van der Waals surface area contributed by atoms with E-state index in [1.807, 2.05) is 42.0 Å². The van der Waals surface area contributed by atoms with Crippen LogP contribution in [0.2, 0.25) is 0 Å². The quantitative estimate of drug-likeness (QED) is 0.896. The summed E-state index contributed by atoms with van der Waals surface area (Å²) in [6.45, 7) is 5.10. The van der Waals surface area contributed by atoms with Gasteiger partial charge in [0.25, 0.3) is 0 Å². The molecule has 0 spiro atoms. The molecule has 0 fully saturated rings. The first-order chi connectivity index (χ1) is 9.11. The first kappa shape index (κ1) is 13.4. The molecule has 0 radical (unpaired) electrons. The Labute approximate surface area is 114 Å². The maximum Gasteiger partial charge on any atom is 0.151 e. The molecule has 0 saturated heterocycles. The smallest absolute Gasteiger partial charge is 0.151 e. The van der Waals surface area contributed by atoms with Crippen LogP contribution in [-0.4, -0.2) is 28.9 Å². The molecule has 19 heavy (non-hydrogen) atoms. The lowest BCUT2D eigenvalue weighted by molar-refractivity contribution is 0.658. The van der Waals surface area contributed by atoms with Crippen molar-refractivity contribution in [2.75, 3.05) is 24.3 Å². The zero-order chi connectivity index (χ0) is 13.8. The van der Waals surface area contributed by atoms with Gasteiger partial charge in [-0.25, -0.2) is 4.98 Å². The largest absolute Gasteiger partial charge is 0.375 e. The molecular weight excluding hydrogens is 238 g/mol. The average molecular weight is 259 g/mol. The summed E-state index contributed by atoms with van der Waals surface area (Å²) in [5, 5.41) is 7.79. The van der Waals surface area contributed by atoms with Crippen LogP contribution in [0.15, 0.2) is 30.7 Å². The third-order valence-electron chi connectivity index (χ3n) is 3.06. The summed E-state index contributed by atoms with van der Waals surface area (Å²) in [5.41, 5.74) is 2.21. The highest BCUT2D eigenvalue weighted by molar-refractivity contribution is 5.65. The van der Waals surface area contributed by atoms with Crippen molar-refractivity contribution < 1.29 is 0 Å². The minimum absolute atomic E-state index is 0.197. The van der Waals surface area contributed by atoms with Crippen LogP contribution in [0.4, 0.5) is 11.5 Å². The van der Waals surface area contributed by atoms with Crippen LogP contribution >= 0.6 is 0 Å². The highest BCUT2D eigenvalue weighted by Gasteiger charge is 2.11. The first-order valence-corrected chi connectivity index (χ1v) is 6.53. The van der Waals surface area contributed by atoms with Crippen LogP contribution in [-0.2, 0) is 6.54 Å². The summed E-state index contributed by atoms with van der Waals surface area (Å²) < 4.78 is 1.93. The Morgan fingerprint density at radius 3 is 2.84 bits per heavy atom. The number of anilines is 2. The van der Waals surface area contributed by atoms with E-state index in [-0.39, 0.29) is 6.04 Å². The second kappa shape index (κ2) is 5.73. The van der Waals surface area contributed by atoms with Gasteiger partial charge in [-0.2, -0.15) is 5.10 Å². The Morgan fingerprint density at radius 1 is 1.42 bits per heavy atom. The zero-order valence-corrected chi connectivity index (χ0v) is 12.0. The second-order valence-electron chi connectivity index (χ2n) is 4.76. The molecule has 5 nitrogen and oxygen atoms in total. The monoisotopic (exact) mass is 259 g/mol. The lowest BCUT2D eigenvalue weighted by atomic mass is 10.2. The van der Waals surface area contributed by atoms with Crippen molar-refractivity contribution in [2.24, 2.45) is 0 Å². The summed E-state index contributed by atoms with van der Waals surface area (Å²) in [4.78, 5) is 6.39. The summed E-state index contributed by atoms with van der Waals surface area (Å²) in [5.74, 6) is 0.942. The van der Waals surface area contributed by atoms with Crippen molar-refractivity contribution in [3.05, 3.63) is 36.3 Å². The van der Waals surface area contributed by atoms with Gasteiger partial charge in [-0.3, -0.25) is 4.68 Å². The van der Waals surface area contributed by atoms with E-state index >= 15 is 0 Å². The average Bonchev–Trinajstić information content (AvgIpc) is 2.88. The Bertz CT molecular complexity index is 532. The topological polar surface area (TPSA) is 46.0 Å². The maximum atomic E-state index is 4.39. The van der Waals surface area contributed by atoms with E-state index in [2.05, 4.69) is 35.4 Å². The number of nitrogens with zero attached hydrogens (tertiary/aromatic N) is 4. The molecule has 1 atom stereocenters. The highest BCUT2D eigenvalue weighted by Crippen LogP contribution is 2.25. The molecule has 0 bridgehead atoms. The van der Waals surface area contributed by atoms with Crippen molar-refractivity contribution in [2.45, 2.75) is 26.4 Å². The molecule has 0 saturated carbocycles. The van der Waals surface area contributed by atoms with E-state index in [1.54, 1.807) is 6.20 Å². The van der Waals surface area contributed by atoms with Crippen molar-refractivity contribution in [3.8, 4) is 0 Å². The van der Waals surface area contributed by atoms with Crippen molar-refractivity contribution >= 4 is 11.5 Å². The number of aromatic nitrogens is 3. The van der Waals surface area contributed by atoms with Gasteiger partial charge in [0.15, 0.2) is 5.82 Å². The maximum absolute atomic E-state index is 4.39. The fourth-order valence-corrected chi connectivity index (χ4v) is 1.96. The van der Waals surface area contributed by atoms with Gasteiger partial charge < -0.3 is 10.2 Å². The molecule has 1 unspecified atom stereocenters. The van der Waals surface area contributed by atoms with Crippen molar-refractivity contribution in [1.29, 1.82) is 0 Å². The van der Waals surface area contributed by atoms with E-state index in [1.165, 1.54) is 5.56 Å². The van der Waals surface area contributed by atoms with Crippen LogP contribution in [0.3, 0.4) is 0 Å². The van der Waals surface area contributed by atoms with E-state index in [9.17, 15) is 0 Å². The SMILES string of the molecule is CCn1cc(C(C)Nc2cccnc2N(C)C)cn1. The third kappa shape index (κ3) is 3.05. The first-order valence-electron chi connectivity index (χ1n) is 6.53. The zero-order valence-electron chi connectivity index (χ0n) is 12.0. The standard InChI is InChI=1S/C14H21N5/c1-5-19-10-12(9-16-19)11(2)17-13-7-6-8-15-14(13)18(3)4/h6-11,17H,5H2,1-4H3. The molecule has 0 amide bonds. The van der Waals surface area contributed by atoms with E-state index in [4.69, 9.17) is 0 Å². The van der Waals surface area contributed by atoms with Gasteiger partial charge in [-0.1, -0.05) is 0 Å². The van der Waals surface area contributed by atoms with E-state index in [0.29, 0.717) is 0 Å². The van der Waals surface area contributed by atoms with Crippen LogP contribution in [0.5, 0.6) is 0 Å². The summed E-state index contributed by atoms with van der Waals surface area (Å²) in [6.07, 6.45) is 5.79. The van der Waals surface area contributed by atoms with Gasteiger partial charge in [0.2, 0.25) is 0 Å². The lowest BCUT2D eigenvalue weighted by Crippen LogP contribution is -2.15. The highest BCUT2D eigenvalue weighted by atomic mass is 15.3. The fourth-order valence-electron chi connectivity index (χ4n) is 1.96. The minimum atomic E-state index is 0.197. The summed E-state index contributed by atoms with van der Waals surface area (Å²) in [6, 6.07) is 4.18. The molecule has 0 aromatic carbocycles. The Morgan fingerprint density at radius 2 is 2.21 bits per heavy atom. The predicted octanol–water partition coefficient (Wildman–Crippen LogP) is 2.54. The van der Waals surface area contributed by atoms with Crippen molar-refractivity contribution in [1.82, 2.24) is 14.8 Å². The number of rotatable bonds is 5. The molecule has 102 valence electrons. The second-order valence-corrected chi connectivity index (χ2v) is 4.76. The molecule has 1 N–H and O–H groups in total. The normalized spacial score (nSPS) is 12.2. The number of hydrogen-bond donors (Lipinski definition) is 1. The Kier molecular flexibility index (Phi) is 4.04. The molecule has 2 aromatic rings. The molecule has 2 heterocycles. The van der Waals surface area contributed by atoms with Crippen LogP contribution in [0, 0.1) is 0 Å². The Hall–Kier alpha value is -2.04. The predicted molar refractivity (Wildman–Crippen MR) is 78.5 cm³/mol. The van der Waals surface area contributed by atoms with Crippen LogP contribution in [0.1, 0.15) is 25.5 Å². The summed E-state index contributed by atoms with van der Waals surface area (Å²) in [7, 11) is 3.99. The van der Waals surface area contributed by atoms with E-state index < -0.39 is 0 Å². The minimum Gasteiger partial charge on any atom is -0.375 e. The number of hydrogen-bond acceptors (Lipinski definition) is 4. The molecule has 5 heteroatoms. The third-order valence-corrected chi connectivity index (χ3v) is 3.06. The van der Waals surface area contributed by atoms with Gasteiger partial charge in [0.05, 0.1) is 17.9 Å². The molecule has 0 aliphatic heterocycles. The number of pyridine rings is 1. The summed E-state index contributed by atoms with van der Waals surface area (Å²) >= 11 is 0. The number of aryl methyl sites for hydroxylation is 1. The molecule has 0 aliphatic rings. The van der Waals surface area contributed by atoms with Crippen LogP contribution in [0.25, 0.3) is 0 Å². The molecule has 2 rings (SSSR count). The van der Waals surface area contributed by atoms with Gasteiger partial charge in [-0.05, 0) is 26.0 Å². The van der Waals surface area contributed by atoms with Gasteiger partial charge in [-0.15, -0.1) is 0 Å². The van der Waals surface area contributed by atoms with E-state index in [0.717, 1.165) is 18.1 Å². The molecular formula is C14H21N5. The van der Waals surface area contributed by atoms with Gasteiger partial charge in [0.1, 0.15) is 0 Å². The molecule has 0 aliphatic carbocycles. The van der Waals surface area contributed by atoms with Gasteiger partial charge >= 0.3 is 0 Å². The molecule has 2 aromatic heterocycles. The fraction of sp³-hybridized carbons (Fsp3) is 0.429. The van der Waals surface area contributed by atoms with Gasteiger partial charge in [0, 0.05) is 38.6 Å².